The molecule has 164 valence electrons. The van der Waals surface area contributed by atoms with E-state index in [1.54, 1.807) is 24.4 Å². The van der Waals surface area contributed by atoms with Crippen LogP contribution in [0.3, 0.4) is 0 Å². The number of nitrogens with one attached hydrogen (secondary N) is 1. The van der Waals surface area contributed by atoms with Gasteiger partial charge in [0.1, 0.15) is 4.21 Å². The van der Waals surface area contributed by atoms with Crippen molar-refractivity contribution in [2.45, 2.75) is 37.0 Å². The summed E-state index contributed by atoms with van der Waals surface area (Å²) in [7, 11) is -3.52. The molecule has 3 aromatic rings. The van der Waals surface area contributed by atoms with Crippen molar-refractivity contribution < 1.29 is 22.7 Å². The van der Waals surface area contributed by atoms with Gasteiger partial charge in [0, 0.05) is 35.2 Å². The number of H-pyrrole nitrogens is 1. The summed E-state index contributed by atoms with van der Waals surface area (Å²) in [4.78, 5) is 28.8. The molecule has 9 heteroatoms. The first kappa shape index (κ1) is 21.7. The molecule has 4 rings (SSSR count). The number of piperidine rings is 1. The van der Waals surface area contributed by atoms with Crippen LogP contribution in [0, 0.1) is 12.8 Å². The second-order valence-electron chi connectivity index (χ2n) is 7.72. The van der Waals surface area contributed by atoms with Gasteiger partial charge in [-0.25, -0.2) is 8.42 Å². The van der Waals surface area contributed by atoms with Crippen molar-refractivity contribution in [3.8, 4) is 0 Å². The van der Waals surface area contributed by atoms with Gasteiger partial charge < -0.3 is 9.72 Å². The molecular weight excluding hydrogens is 436 g/mol. The lowest BCUT2D eigenvalue weighted by Gasteiger charge is -2.30. The van der Waals surface area contributed by atoms with E-state index in [-0.39, 0.29) is 18.9 Å². The van der Waals surface area contributed by atoms with Gasteiger partial charge in [0.2, 0.25) is 5.78 Å². The largest absolute Gasteiger partial charge is 0.454 e. The van der Waals surface area contributed by atoms with Crippen LogP contribution in [0.25, 0.3) is 10.9 Å². The van der Waals surface area contributed by atoms with Crippen LogP contribution in [0.4, 0.5) is 0 Å². The number of fused-ring (bicyclic) bond motifs is 1. The van der Waals surface area contributed by atoms with E-state index in [1.165, 1.54) is 15.6 Å². The Morgan fingerprint density at radius 1 is 1.16 bits per heavy atom. The van der Waals surface area contributed by atoms with Crippen LogP contribution in [-0.2, 0) is 19.6 Å². The Balaban J connectivity index is 1.39. The van der Waals surface area contributed by atoms with Crippen LogP contribution in [-0.4, -0.2) is 48.7 Å². The minimum atomic E-state index is -3.52. The van der Waals surface area contributed by atoms with Gasteiger partial charge in [0.05, 0.1) is 5.92 Å². The topological polar surface area (TPSA) is 96.5 Å². The Morgan fingerprint density at radius 3 is 2.55 bits per heavy atom. The first-order valence-corrected chi connectivity index (χ1v) is 12.5. The molecule has 3 heterocycles. The van der Waals surface area contributed by atoms with E-state index < -0.39 is 28.0 Å². The molecule has 0 radical (unpaired) electrons. The number of aromatic amines is 1. The average Bonchev–Trinajstić information content (AvgIpc) is 3.41. The highest BCUT2D eigenvalue weighted by Crippen LogP contribution is 2.28. The number of rotatable bonds is 6. The number of esters is 1. The molecule has 1 aliphatic heterocycles. The molecule has 0 unspecified atom stereocenters. The summed E-state index contributed by atoms with van der Waals surface area (Å²) in [5, 5.41) is 2.53. The fourth-order valence-corrected chi connectivity index (χ4v) is 6.61. The van der Waals surface area contributed by atoms with Crippen molar-refractivity contribution in [3.63, 3.8) is 0 Å². The SMILES string of the molecule is Cc1[nH]c2ccccc2c1C(=O)[C@@H](C)OC(=O)C1CCN(S(=O)(=O)c2cccs2)CC1. The van der Waals surface area contributed by atoms with Crippen molar-refractivity contribution in [3.05, 3.63) is 53.0 Å². The van der Waals surface area contributed by atoms with Crippen LogP contribution in [0.2, 0.25) is 0 Å². The highest BCUT2D eigenvalue weighted by molar-refractivity contribution is 7.91. The van der Waals surface area contributed by atoms with E-state index in [4.69, 9.17) is 4.74 Å². The predicted octanol–water partition coefficient (Wildman–Crippen LogP) is 3.75. The van der Waals surface area contributed by atoms with E-state index in [1.807, 2.05) is 31.2 Å². The number of carbonyl (C=O) groups is 2. The third kappa shape index (κ3) is 4.17. The molecule has 1 N–H and O–H groups in total. The van der Waals surface area contributed by atoms with Gasteiger partial charge in [0.25, 0.3) is 10.0 Å². The number of sulfonamides is 1. The minimum Gasteiger partial charge on any atom is -0.454 e. The van der Waals surface area contributed by atoms with Gasteiger partial charge in [-0.15, -0.1) is 11.3 Å². The van der Waals surface area contributed by atoms with Gasteiger partial charge in [0.15, 0.2) is 6.10 Å². The number of Topliss-reactive ketones (excluding diaryl/α,β-unsaturated/α-hetero) is 1. The third-order valence-corrected chi connectivity index (χ3v) is 8.95. The van der Waals surface area contributed by atoms with Gasteiger partial charge in [-0.3, -0.25) is 9.59 Å². The summed E-state index contributed by atoms with van der Waals surface area (Å²) in [6.07, 6.45) is -0.175. The minimum absolute atomic E-state index is 0.249. The summed E-state index contributed by atoms with van der Waals surface area (Å²) in [5.74, 6) is -1.12. The number of aryl methyl sites for hydroxylation is 1. The van der Waals surface area contributed by atoms with Crippen LogP contribution in [0.15, 0.2) is 46.0 Å². The standard InChI is InChI=1S/C22H24N2O5S2/c1-14-20(17-6-3-4-7-18(17)23-14)21(25)15(2)29-22(26)16-9-11-24(12-10-16)31(27,28)19-8-5-13-30-19/h3-8,13,15-16,23H,9-12H2,1-2H3/t15-/m1/s1. The quantitative estimate of drug-likeness (QED) is 0.446. The number of para-hydroxylation sites is 1. The Hall–Kier alpha value is -2.49. The van der Waals surface area contributed by atoms with Crippen molar-refractivity contribution in [2.75, 3.05) is 13.1 Å². The monoisotopic (exact) mass is 460 g/mol. The van der Waals surface area contributed by atoms with E-state index in [9.17, 15) is 18.0 Å². The van der Waals surface area contributed by atoms with Crippen molar-refractivity contribution in [1.82, 2.24) is 9.29 Å². The molecule has 31 heavy (non-hydrogen) atoms. The molecule has 2 aromatic heterocycles. The first-order chi connectivity index (χ1) is 14.8. The van der Waals surface area contributed by atoms with Gasteiger partial charge in [-0.2, -0.15) is 4.31 Å². The van der Waals surface area contributed by atoms with Gasteiger partial charge in [-0.1, -0.05) is 24.3 Å². The highest BCUT2D eigenvalue weighted by Gasteiger charge is 2.34. The summed E-state index contributed by atoms with van der Waals surface area (Å²) in [6, 6.07) is 10.8. The lowest BCUT2D eigenvalue weighted by Crippen LogP contribution is -2.41. The number of thiophene rings is 1. The van der Waals surface area contributed by atoms with E-state index in [2.05, 4.69) is 4.98 Å². The number of nitrogens with zero attached hydrogens (tertiary/aromatic N) is 1. The average molecular weight is 461 g/mol. The van der Waals surface area contributed by atoms with Crippen LogP contribution in [0.1, 0.15) is 35.8 Å². The van der Waals surface area contributed by atoms with Crippen LogP contribution < -0.4 is 0 Å². The molecule has 0 saturated carbocycles. The van der Waals surface area contributed by atoms with Crippen molar-refractivity contribution in [1.29, 1.82) is 0 Å². The van der Waals surface area contributed by atoms with Crippen LogP contribution >= 0.6 is 11.3 Å². The molecule has 0 bridgehead atoms. The van der Waals surface area contributed by atoms with E-state index in [0.717, 1.165) is 16.6 Å². The molecule has 1 aromatic carbocycles. The Labute approximate surface area is 185 Å². The number of hydrogen-bond donors (Lipinski definition) is 1. The highest BCUT2D eigenvalue weighted by atomic mass is 32.2. The number of aromatic nitrogens is 1. The van der Waals surface area contributed by atoms with Crippen LogP contribution in [0.5, 0.6) is 0 Å². The molecule has 0 amide bonds. The first-order valence-electron chi connectivity index (χ1n) is 10.1. The smallest absolute Gasteiger partial charge is 0.309 e. The maximum Gasteiger partial charge on any atom is 0.309 e. The second kappa shape index (κ2) is 8.57. The molecular formula is C22H24N2O5S2. The molecule has 7 nitrogen and oxygen atoms in total. The molecule has 1 saturated heterocycles. The zero-order valence-corrected chi connectivity index (χ0v) is 19.0. The molecule has 0 spiro atoms. The Bertz CT molecular complexity index is 1210. The molecule has 1 fully saturated rings. The maximum absolute atomic E-state index is 13.0. The van der Waals surface area contributed by atoms with Gasteiger partial charge >= 0.3 is 5.97 Å². The second-order valence-corrected chi connectivity index (χ2v) is 10.8. The zero-order chi connectivity index (χ0) is 22.2. The lowest BCUT2D eigenvalue weighted by molar-refractivity contribution is -0.152. The Morgan fingerprint density at radius 2 is 1.87 bits per heavy atom. The fraction of sp³-hybridized carbons (Fsp3) is 0.364. The summed E-state index contributed by atoms with van der Waals surface area (Å²) >= 11 is 1.18. The Kier molecular flexibility index (Phi) is 6.00. The van der Waals surface area contributed by atoms with Crippen molar-refractivity contribution >= 4 is 44.0 Å². The number of ether oxygens (including phenoxy) is 1. The number of benzene rings is 1. The predicted molar refractivity (Wildman–Crippen MR) is 119 cm³/mol. The van der Waals surface area contributed by atoms with E-state index in [0.29, 0.717) is 22.6 Å². The normalized spacial score (nSPS) is 17.0. The summed E-state index contributed by atoms with van der Waals surface area (Å²) < 4.78 is 32.5. The number of ketones is 1. The van der Waals surface area contributed by atoms with E-state index >= 15 is 0 Å². The van der Waals surface area contributed by atoms with Crippen molar-refractivity contribution in [2.24, 2.45) is 5.92 Å². The third-order valence-electron chi connectivity index (χ3n) is 5.68. The molecule has 1 atom stereocenters. The summed E-state index contributed by atoms with van der Waals surface area (Å²) in [6.45, 7) is 3.91. The fourth-order valence-electron chi connectivity index (χ4n) is 3.99. The summed E-state index contributed by atoms with van der Waals surface area (Å²) in [5.41, 5.74) is 2.13. The molecule has 0 aliphatic carbocycles. The zero-order valence-electron chi connectivity index (χ0n) is 17.3. The maximum atomic E-state index is 13.0. The number of hydrogen-bond acceptors (Lipinski definition) is 6. The molecule has 1 aliphatic rings. The lowest BCUT2D eigenvalue weighted by atomic mass is 9.98. The number of carbonyl (C=O) groups excluding carboxylic acids is 2. The van der Waals surface area contributed by atoms with Gasteiger partial charge in [-0.05, 0) is 44.2 Å².